The van der Waals surface area contributed by atoms with Crippen molar-refractivity contribution in [3.05, 3.63) is 64.6 Å². The molecule has 3 heterocycles. The van der Waals surface area contributed by atoms with Crippen LogP contribution in [0, 0.1) is 18.8 Å². The molecule has 1 saturated heterocycles. The lowest BCUT2D eigenvalue weighted by Crippen LogP contribution is -3.13. The van der Waals surface area contributed by atoms with Crippen molar-refractivity contribution in [3.8, 4) is 11.5 Å². The number of nitrogens with one attached hydrogen (secondary N) is 1. The second-order valence-corrected chi connectivity index (χ2v) is 9.28. The van der Waals surface area contributed by atoms with E-state index in [4.69, 9.17) is 9.15 Å². The number of likely N-dealkylation sites (tertiary alicyclic amines) is 1. The molecular weight excluding hydrogens is 390 g/mol. The number of Topliss-reactive ketones (excluding diaryl/α,β-unsaturated/α-hetero) is 1. The lowest BCUT2D eigenvalue weighted by Gasteiger charge is -2.33. The number of fused-ring (bicyclic) bond motifs is 2. The van der Waals surface area contributed by atoms with Crippen LogP contribution in [-0.2, 0) is 6.54 Å². The van der Waals surface area contributed by atoms with Gasteiger partial charge in [0.25, 0.3) is 0 Å². The molecule has 5 rings (SSSR count). The number of piperidine rings is 1. The number of carbonyl (C=O) groups is 1. The average Bonchev–Trinajstić information content (AvgIpc) is 3.25. The summed E-state index contributed by atoms with van der Waals surface area (Å²) >= 11 is 0. The summed E-state index contributed by atoms with van der Waals surface area (Å²) in [6.45, 7) is 8.97. The normalized spacial score (nSPS) is 24.5. The molecule has 5 nitrogen and oxygen atoms in total. The van der Waals surface area contributed by atoms with Crippen molar-refractivity contribution in [1.82, 2.24) is 0 Å². The number of hydrogen-bond acceptors (Lipinski definition) is 4. The van der Waals surface area contributed by atoms with Gasteiger partial charge in [-0.1, -0.05) is 43.9 Å². The Morgan fingerprint density at radius 2 is 1.90 bits per heavy atom. The second kappa shape index (κ2) is 7.57. The average molecular weight is 418 g/mol. The van der Waals surface area contributed by atoms with E-state index in [1.54, 1.807) is 19.1 Å². The van der Waals surface area contributed by atoms with E-state index in [1.807, 2.05) is 30.3 Å². The number of ether oxygens (including phenoxy) is 1. The first kappa shape index (κ1) is 19.9. The van der Waals surface area contributed by atoms with Crippen molar-refractivity contribution in [1.29, 1.82) is 0 Å². The summed E-state index contributed by atoms with van der Waals surface area (Å²) in [5, 5.41) is 13.8. The van der Waals surface area contributed by atoms with Crippen molar-refractivity contribution in [2.45, 2.75) is 33.7 Å². The van der Waals surface area contributed by atoms with Crippen LogP contribution in [0.3, 0.4) is 0 Å². The molecule has 1 fully saturated rings. The van der Waals surface area contributed by atoms with Crippen LogP contribution < -0.4 is 14.7 Å². The van der Waals surface area contributed by atoms with E-state index in [-0.39, 0.29) is 17.3 Å². The third-order valence-corrected chi connectivity index (χ3v) is 6.43. The number of rotatable bonds is 3. The van der Waals surface area contributed by atoms with Crippen LogP contribution in [0.25, 0.3) is 17.0 Å². The van der Waals surface area contributed by atoms with Gasteiger partial charge in [-0.15, -0.1) is 0 Å². The fraction of sp³-hybridized carbons (Fsp3) is 0.346. The highest BCUT2D eigenvalue weighted by atomic mass is 16.5. The van der Waals surface area contributed by atoms with E-state index in [0.717, 1.165) is 24.1 Å². The summed E-state index contributed by atoms with van der Waals surface area (Å²) in [5.41, 5.74) is 2.54. The minimum atomic E-state index is -0.190. The number of para-hydroxylation sites is 1. The number of aryl methyl sites for hydroxylation is 1. The number of hydrogen-bond donors (Lipinski definition) is 1. The van der Waals surface area contributed by atoms with E-state index in [9.17, 15) is 9.90 Å². The molecule has 0 bridgehead atoms. The number of allylic oxidation sites excluding steroid dienone is 1. The molecule has 3 aromatic rings. The van der Waals surface area contributed by atoms with Gasteiger partial charge in [-0.3, -0.25) is 4.79 Å². The lowest BCUT2D eigenvalue weighted by molar-refractivity contribution is -0.925. The molecule has 2 unspecified atom stereocenters. The Morgan fingerprint density at radius 3 is 2.65 bits per heavy atom. The van der Waals surface area contributed by atoms with Gasteiger partial charge in [0.2, 0.25) is 5.78 Å². The van der Waals surface area contributed by atoms with Crippen LogP contribution in [-0.4, -0.2) is 18.9 Å². The monoisotopic (exact) mass is 417 g/mol. The first-order valence-corrected chi connectivity index (χ1v) is 11.0. The Labute approximate surface area is 181 Å². The van der Waals surface area contributed by atoms with Gasteiger partial charge in [0.15, 0.2) is 5.76 Å². The quantitative estimate of drug-likeness (QED) is 0.663. The minimum Gasteiger partial charge on any atom is -0.872 e. The van der Waals surface area contributed by atoms with Gasteiger partial charge in [-0.2, -0.15) is 0 Å². The van der Waals surface area contributed by atoms with Crippen LogP contribution in [0.4, 0.5) is 0 Å². The van der Waals surface area contributed by atoms with Gasteiger partial charge < -0.3 is 19.2 Å². The SMILES string of the molecule is Cc1cc([O-])c(C[NH+]2CC(C)CC(C)C2)c2c1C(=O)/C(=C/c1cc3ccccc3o1)O2. The number of carbonyl (C=O) groups excluding carboxylic acids is 1. The minimum absolute atomic E-state index is 0.0487. The van der Waals surface area contributed by atoms with Crippen LogP contribution in [0.2, 0.25) is 0 Å². The number of ketones is 1. The second-order valence-electron chi connectivity index (χ2n) is 9.28. The summed E-state index contributed by atoms with van der Waals surface area (Å²) in [6, 6.07) is 11.2. The summed E-state index contributed by atoms with van der Waals surface area (Å²) in [4.78, 5) is 14.5. The molecule has 0 amide bonds. The van der Waals surface area contributed by atoms with Crippen LogP contribution in [0.5, 0.6) is 11.5 Å². The number of furan rings is 1. The maximum atomic E-state index is 13.2. The van der Waals surface area contributed by atoms with Crippen LogP contribution >= 0.6 is 0 Å². The van der Waals surface area contributed by atoms with Gasteiger partial charge in [-0.05, 0) is 31.0 Å². The van der Waals surface area contributed by atoms with Crippen LogP contribution in [0.15, 0.2) is 46.6 Å². The molecule has 1 aromatic heterocycles. The zero-order valence-electron chi connectivity index (χ0n) is 18.2. The molecule has 0 radical (unpaired) electrons. The van der Waals surface area contributed by atoms with Crippen molar-refractivity contribution in [3.63, 3.8) is 0 Å². The van der Waals surface area contributed by atoms with Crippen molar-refractivity contribution in [2.24, 2.45) is 11.8 Å². The first-order chi connectivity index (χ1) is 14.9. The maximum Gasteiger partial charge on any atom is 0.232 e. The van der Waals surface area contributed by atoms with Crippen molar-refractivity contribution in [2.75, 3.05) is 13.1 Å². The van der Waals surface area contributed by atoms with Gasteiger partial charge in [-0.25, -0.2) is 0 Å². The third-order valence-electron chi connectivity index (χ3n) is 6.43. The molecule has 0 saturated carbocycles. The standard InChI is InChI=1S/C26H27NO4/c1-15-8-16(2)13-27(12-15)14-20-21(28)9-17(3)24-25(29)23(31-26(20)24)11-19-10-18-6-4-5-7-22(18)30-19/h4-7,9-11,15-16,28H,8,12-14H2,1-3H3/b23-11-. The predicted octanol–water partition coefficient (Wildman–Crippen LogP) is 3.49. The molecular formula is C26H27NO4. The van der Waals surface area contributed by atoms with E-state index in [0.29, 0.717) is 46.6 Å². The van der Waals surface area contributed by atoms with Gasteiger partial charge >= 0.3 is 0 Å². The largest absolute Gasteiger partial charge is 0.872 e. The van der Waals surface area contributed by atoms with E-state index >= 15 is 0 Å². The van der Waals surface area contributed by atoms with Gasteiger partial charge in [0.05, 0.1) is 18.7 Å². The Hall–Kier alpha value is -3.05. The molecule has 2 aromatic carbocycles. The molecule has 5 heteroatoms. The summed E-state index contributed by atoms with van der Waals surface area (Å²) in [7, 11) is 0. The fourth-order valence-corrected chi connectivity index (χ4v) is 5.25. The Bertz CT molecular complexity index is 1160. The molecule has 2 aliphatic heterocycles. The Kier molecular flexibility index (Phi) is 4.86. The van der Waals surface area contributed by atoms with Crippen LogP contribution in [0.1, 0.15) is 47.5 Å². The van der Waals surface area contributed by atoms with E-state index < -0.39 is 0 Å². The van der Waals surface area contributed by atoms with Crippen molar-refractivity contribution < 1.29 is 24.0 Å². The molecule has 2 atom stereocenters. The van der Waals surface area contributed by atoms with Gasteiger partial charge in [0.1, 0.15) is 23.6 Å². The van der Waals surface area contributed by atoms with E-state index in [1.165, 1.54) is 11.3 Å². The highest BCUT2D eigenvalue weighted by molar-refractivity contribution is 6.15. The lowest BCUT2D eigenvalue weighted by atomic mass is 9.91. The predicted molar refractivity (Wildman–Crippen MR) is 117 cm³/mol. The molecule has 160 valence electrons. The Morgan fingerprint density at radius 1 is 1.16 bits per heavy atom. The third kappa shape index (κ3) is 3.63. The van der Waals surface area contributed by atoms with E-state index in [2.05, 4.69) is 13.8 Å². The van der Waals surface area contributed by atoms with Crippen molar-refractivity contribution >= 4 is 22.8 Å². The topological polar surface area (TPSA) is 66.9 Å². The summed E-state index contributed by atoms with van der Waals surface area (Å²) in [6.07, 6.45) is 2.85. The molecule has 0 spiro atoms. The van der Waals surface area contributed by atoms with Gasteiger partial charge in [0, 0.05) is 28.9 Å². The molecule has 1 N–H and O–H groups in total. The molecule has 31 heavy (non-hydrogen) atoms. The molecule has 0 aliphatic carbocycles. The smallest absolute Gasteiger partial charge is 0.232 e. The Balaban J connectivity index is 1.50. The maximum absolute atomic E-state index is 13.2. The highest BCUT2D eigenvalue weighted by Crippen LogP contribution is 2.41. The first-order valence-electron chi connectivity index (χ1n) is 11.0. The number of benzene rings is 2. The highest BCUT2D eigenvalue weighted by Gasteiger charge is 2.34. The zero-order valence-corrected chi connectivity index (χ0v) is 18.2. The summed E-state index contributed by atoms with van der Waals surface area (Å²) < 4.78 is 11.9. The summed E-state index contributed by atoms with van der Waals surface area (Å²) in [5.74, 6) is 2.22. The fourth-order valence-electron chi connectivity index (χ4n) is 5.25. The number of quaternary nitrogens is 1. The molecule has 2 aliphatic rings. The zero-order chi connectivity index (χ0) is 21.7.